The highest BCUT2D eigenvalue weighted by atomic mass is 79.9. The third-order valence-corrected chi connectivity index (χ3v) is 11.1. The van der Waals surface area contributed by atoms with Crippen LogP contribution < -0.4 is 4.90 Å². The number of alkyl halides is 3. The minimum Gasteiger partial charge on any atom is -0.508 e. The minimum atomic E-state index is -2.01. The number of hydrogen-bond acceptors (Lipinski definition) is 5. The highest BCUT2D eigenvalue weighted by molar-refractivity contribution is 9.10. The van der Waals surface area contributed by atoms with Crippen LogP contribution in [0.25, 0.3) is 0 Å². The molecule has 3 fully saturated rings. The molecule has 4 aliphatic rings. The summed E-state index contributed by atoms with van der Waals surface area (Å²) in [6, 6.07) is 11.2. The molecule has 2 aromatic rings. The first-order chi connectivity index (χ1) is 18.5. The topological polar surface area (TPSA) is 95.0 Å². The summed E-state index contributed by atoms with van der Waals surface area (Å²) in [5.41, 5.74) is 1.10. The smallest absolute Gasteiger partial charge is 0.254 e. The lowest BCUT2D eigenvalue weighted by Crippen LogP contribution is -2.60. The molecule has 6 atom stereocenters. The van der Waals surface area contributed by atoms with Gasteiger partial charge in [0.2, 0.25) is 11.8 Å². The second kappa shape index (κ2) is 9.31. The number of nitrogens with zero attached hydrogens (tertiary/aromatic N) is 2. The molecule has 0 bridgehead atoms. The van der Waals surface area contributed by atoms with Crippen LogP contribution >= 0.6 is 66.7 Å². The zero-order chi connectivity index (χ0) is 28.0. The van der Waals surface area contributed by atoms with Crippen LogP contribution in [0, 0.1) is 17.8 Å². The number of allylic oxidation sites excluding steroid dienone is 2. The zero-order valence-electron chi connectivity index (χ0n) is 19.9. The van der Waals surface area contributed by atoms with Gasteiger partial charge in [-0.2, -0.15) is 0 Å². The molecule has 2 aliphatic heterocycles. The third-order valence-electron chi connectivity index (χ3n) is 8.40. The number of phenolic OH excluding ortho intramolecular Hbond substituents is 1. The van der Waals surface area contributed by atoms with E-state index in [9.17, 15) is 24.3 Å². The zero-order valence-corrected chi connectivity index (χ0v) is 25.4. The molecule has 0 radical (unpaired) electrons. The van der Waals surface area contributed by atoms with Gasteiger partial charge in [0.05, 0.1) is 23.0 Å². The largest absolute Gasteiger partial charge is 0.508 e. The summed E-state index contributed by atoms with van der Waals surface area (Å²) < 4.78 is 0.798. The second-order valence-electron chi connectivity index (χ2n) is 10.2. The Morgan fingerprint density at radius 1 is 0.974 bits per heavy atom. The predicted molar refractivity (Wildman–Crippen MR) is 153 cm³/mol. The van der Waals surface area contributed by atoms with Crippen molar-refractivity contribution in [2.75, 3.05) is 10.4 Å². The molecular weight excluding hydrogens is 698 g/mol. The molecule has 7 nitrogen and oxygen atoms in total. The monoisotopic (exact) mass is 714 g/mol. The average molecular weight is 718 g/mol. The molecule has 0 aromatic heterocycles. The van der Waals surface area contributed by atoms with Crippen molar-refractivity contribution < 1.29 is 24.3 Å². The second-order valence-corrected chi connectivity index (χ2v) is 13.3. The molecule has 12 heteroatoms. The molecule has 6 rings (SSSR count). The van der Waals surface area contributed by atoms with Crippen molar-refractivity contribution in [3.8, 4) is 5.75 Å². The number of carbonyl (C=O) groups excluding carboxylic acids is 4. The van der Waals surface area contributed by atoms with Gasteiger partial charge in [-0.15, -0.1) is 23.2 Å². The van der Waals surface area contributed by atoms with E-state index in [1.165, 1.54) is 23.1 Å². The van der Waals surface area contributed by atoms with E-state index in [-0.39, 0.29) is 40.5 Å². The fourth-order valence-electron chi connectivity index (χ4n) is 6.70. The summed E-state index contributed by atoms with van der Waals surface area (Å²) in [6.07, 6.45) is 1.89. The number of halogens is 5. The molecule has 1 N–H and O–H groups in total. The van der Waals surface area contributed by atoms with E-state index in [1.807, 2.05) is 6.08 Å². The summed E-state index contributed by atoms with van der Waals surface area (Å²) in [6.45, 7) is 0. The van der Waals surface area contributed by atoms with Crippen molar-refractivity contribution in [2.24, 2.45) is 17.8 Å². The van der Waals surface area contributed by atoms with E-state index >= 15 is 0 Å². The lowest BCUT2D eigenvalue weighted by atomic mass is 9.56. The van der Waals surface area contributed by atoms with Crippen molar-refractivity contribution in [1.82, 2.24) is 4.90 Å². The maximum atomic E-state index is 13.9. The van der Waals surface area contributed by atoms with Crippen LogP contribution in [-0.2, 0) is 19.2 Å². The van der Waals surface area contributed by atoms with Gasteiger partial charge in [0.15, 0.2) is 9.75 Å². The summed E-state index contributed by atoms with van der Waals surface area (Å²) >= 11 is 27.2. The number of carbonyl (C=O) groups is 4. The first kappa shape index (κ1) is 27.3. The molecule has 2 saturated heterocycles. The van der Waals surface area contributed by atoms with Gasteiger partial charge in [0.1, 0.15) is 5.75 Å². The minimum absolute atomic E-state index is 0.133. The molecule has 0 spiro atoms. The van der Waals surface area contributed by atoms with Gasteiger partial charge in [0, 0.05) is 21.0 Å². The van der Waals surface area contributed by atoms with Crippen LogP contribution in [0.5, 0.6) is 5.75 Å². The first-order valence-electron chi connectivity index (χ1n) is 12.1. The molecule has 2 aliphatic carbocycles. The highest BCUT2D eigenvalue weighted by Gasteiger charge is 2.76. The van der Waals surface area contributed by atoms with Gasteiger partial charge >= 0.3 is 0 Å². The van der Waals surface area contributed by atoms with Crippen LogP contribution in [0.15, 0.2) is 58.6 Å². The van der Waals surface area contributed by atoms with E-state index in [0.29, 0.717) is 11.3 Å². The Morgan fingerprint density at radius 3 is 2.33 bits per heavy atom. The SMILES string of the molecule is O=C1C2CC=C3C(CC4(Cl)C(=O)N(CBr)C(=O)C4(Cl)C3c3cc(Cl)ccc3O)C2C(=O)N1c1ccc(Br)cc1. The van der Waals surface area contributed by atoms with Crippen LogP contribution in [-0.4, -0.2) is 48.8 Å². The van der Waals surface area contributed by atoms with E-state index in [4.69, 9.17) is 34.8 Å². The fourth-order valence-corrected chi connectivity index (χ4v) is 8.56. The number of anilines is 1. The lowest BCUT2D eigenvalue weighted by Gasteiger charge is -2.50. The standard InChI is InChI=1S/C27H19Br2Cl3N2O5/c28-11-33-24(38)26(31)10-18-15(21(27(26,32)25(33)39)17-9-13(30)3-8-19(17)35)6-7-16-20(18)23(37)34(22(16)36)14-4-1-12(29)2-5-14/h1-6,8-9,16,18,20-21,35H,7,10-11H2. The Kier molecular flexibility index (Phi) is 6.51. The predicted octanol–water partition coefficient (Wildman–Crippen LogP) is 5.72. The summed E-state index contributed by atoms with van der Waals surface area (Å²) in [5.74, 6) is -5.63. The molecule has 2 aromatic carbocycles. The van der Waals surface area contributed by atoms with Gasteiger partial charge in [-0.25, -0.2) is 0 Å². The van der Waals surface area contributed by atoms with Crippen molar-refractivity contribution in [1.29, 1.82) is 0 Å². The Hall–Kier alpha value is -1.91. The van der Waals surface area contributed by atoms with Crippen molar-refractivity contribution in [2.45, 2.75) is 28.5 Å². The van der Waals surface area contributed by atoms with Gasteiger partial charge in [0.25, 0.3) is 11.8 Å². The highest BCUT2D eigenvalue weighted by Crippen LogP contribution is 2.66. The van der Waals surface area contributed by atoms with Crippen LogP contribution in [0.3, 0.4) is 0 Å². The first-order valence-corrected chi connectivity index (χ1v) is 15.1. The lowest BCUT2D eigenvalue weighted by molar-refractivity contribution is -0.138. The Bertz CT molecular complexity index is 1500. The fraction of sp³-hybridized carbons (Fsp3) is 0.333. The summed E-state index contributed by atoms with van der Waals surface area (Å²) in [7, 11) is 0. The van der Waals surface area contributed by atoms with Gasteiger partial charge in [-0.05, 0) is 61.2 Å². The Labute approximate surface area is 255 Å². The van der Waals surface area contributed by atoms with E-state index < -0.39 is 51.1 Å². The van der Waals surface area contributed by atoms with E-state index in [2.05, 4.69) is 31.9 Å². The number of hydrogen-bond donors (Lipinski definition) is 1. The number of rotatable bonds is 3. The van der Waals surface area contributed by atoms with Crippen LogP contribution in [0.4, 0.5) is 5.69 Å². The number of aromatic hydroxyl groups is 1. The molecular formula is C27H19Br2Cl3N2O5. The Balaban J connectivity index is 1.53. The number of imide groups is 2. The summed E-state index contributed by atoms with van der Waals surface area (Å²) in [4.78, 5) is 53.1. The maximum absolute atomic E-state index is 13.9. The van der Waals surface area contributed by atoms with Crippen LogP contribution in [0.2, 0.25) is 5.02 Å². The molecule has 202 valence electrons. The van der Waals surface area contributed by atoms with E-state index in [1.54, 1.807) is 24.3 Å². The van der Waals surface area contributed by atoms with Crippen LogP contribution in [0.1, 0.15) is 24.3 Å². The maximum Gasteiger partial charge on any atom is 0.254 e. The Morgan fingerprint density at radius 2 is 1.67 bits per heavy atom. The number of fused-ring (bicyclic) bond motifs is 4. The van der Waals surface area contributed by atoms with Crippen molar-refractivity contribution >= 4 is 96.0 Å². The number of likely N-dealkylation sites (tertiary alicyclic amines) is 1. The van der Waals surface area contributed by atoms with Crippen molar-refractivity contribution in [3.05, 3.63) is 69.2 Å². The van der Waals surface area contributed by atoms with E-state index in [0.717, 1.165) is 9.37 Å². The molecule has 1 saturated carbocycles. The van der Waals surface area contributed by atoms with Crippen molar-refractivity contribution in [3.63, 3.8) is 0 Å². The van der Waals surface area contributed by atoms with Gasteiger partial charge < -0.3 is 5.11 Å². The number of amides is 4. The summed E-state index contributed by atoms with van der Waals surface area (Å²) in [5, 5.41) is 11.2. The third kappa shape index (κ3) is 3.59. The molecule has 4 amide bonds. The molecule has 6 unspecified atom stereocenters. The average Bonchev–Trinajstić information content (AvgIpc) is 3.24. The number of benzene rings is 2. The number of phenols is 1. The quantitative estimate of drug-likeness (QED) is 0.190. The molecule has 39 heavy (non-hydrogen) atoms. The normalized spacial score (nSPS) is 33.7. The van der Waals surface area contributed by atoms with Gasteiger partial charge in [-0.3, -0.25) is 29.0 Å². The molecule has 2 heterocycles. The van der Waals surface area contributed by atoms with Gasteiger partial charge in [-0.1, -0.05) is 55.1 Å².